The fraction of sp³-hybridized carbons (Fsp3) is 0.615. The van der Waals surface area contributed by atoms with Gasteiger partial charge in [-0.05, 0) is 25.2 Å². The summed E-state index contributed by atoms with van der Waals surface area (Å²) >= 11 is 0. The Morgan fingerprint density at radius 3 is 2.79 bits per heavy atom. The van der Waals surface area contributed by atoms with Crippen LogP contribution in [0, 0.1) is 5.92 Å². The molecule has 0 saturated heterocycles. The van der Waals surface area contributed by atoms with Crippen LogP contribution in [0.5, 0.6) is 0 Å². The summed E-state index contributed by atoms with van der Waals surface area (Å²) in [5.41, 5.74) is -0.852. The Kier molecular flexibility index (Phi) is 4.19. The van der Waals surface area contributed by atoms with Gasteiger partial charge in [0.1, 0.15) is 6.54 Å². The maximum atomic E-state index is 12.0. The zero-order valence-electron chi connectivity index (χ0n) is 11.1. The minimum absolute atomic E-state index is 0.199. The number of hydrogen-bond acceptors (Lipinski definition) is 3. The first kappa shape index (κ1) is 13.6. The van der Waals surface area contributed by atoms with Gasteiger partial charge in [0.05, 0.1) is 0 Å². The lowest BCUT2D eigenvalue weighted by molar-refractivity contribution is -0.121. The second-order valence-corrected chi connectivity index (χ2v) is 4.96. The van der Waals surface area contributed by atoms with Crippen LogP contribution in [0.15, 0.2) is 21.9 Å². The molecule has 0 bridgehead atoms. The second-order valence-electron chi connectivity index (χ2n) is 4.96. The Morgan fingerprint density at radius 1 is 1.42 bits per heavy atom. The lowest BCUT2D eigenvalue weighted by Gasteiger charge is -2.09. The molecule has 1 amide bonds. The molecule has 1 fully saturated rings. The van der Waals surface area contributed by atoms with Gasteiger partial charge >= 0.3 is 5.69 Å². The molecule has 2 rings (SSSR count). The fourth-order valence-electron chi connectivity index (χ4n) is 1.89. The average molecular weight is 265 g/mol. The largest absolute Gasteiger partial charge is 0.354 e. The molecule has 0 atom stereocenters. The molecular formula is C13H19N3O3. The van der Waals surface area contributed by atoms with Gasteiger partial charge in [-0.1, -0.05) is 6.92 Å². The molecule has 0 aromatic carbocycles. The van der Waals surface area contributed by atoms with Crippen molar-refractivity contribution in [3.63, 3.8) is 0 Å². The normalized spacial score (nSPS) is 14.4. The van der Waals surface area contributed by atoms with Crippen molar-refractivity contribution >= 4 is 5.91 Å². The molecule has 6 heteroatoms. The van der Waals surface area contributed by atoms with E-state index in [9.17, 15) is 14.4 Å². The second kappa shape index (κ2) is 5.86. The van der Waals surface area contributed by atoms with Gasteiger partial charge < -0.3 is 9.88 Å². The van der Waals surface area contributed by atoms with Crippen LogP contribution in [0.25, 0.3) is 0 Å². The summed E-state index contributed by atoms with van der Waals surface area (Å²) in [5.74, 6) is 0.300. The van der Waals surface area contributed by atoms with Gasteiger partial charge in [-0.3, -0.25) is 14.2 Å². The molecule has 6 nitrogen and oxygen atoms in total. The van der Waals surface area contributed by atoms with Crippen molar-refractivity contribution in [3.05, 3.63) is 33.1 Å². The van der Waals surface area contributed by atoms with Gasteiger partial charge in [-0.15, -0.1) is 0 Å². The first-order valence-corrected chi connectivity index (χ1v) is 6.68. The summed E-state index contributed by atoms with van der Waals surface area (Å²) in [4.78, 5) is 35.4. The predicted octanol–water partition coefficient (Wildman–Crippen LogP) is -0.0538. The minimum atomic E-state index is -0.432. The molecule has 19 heavy (non-hydrogen) atoms. The topological polar surface area (TPSA) is 73.1 Å². The molecule has 1 heterocycles. The van der Waals surface area contributed by atoms with Crippen molar-refractivity contribution < 1.29 is 4.79 Å². The lowest BCUT2D eigenvalue weighted by atomic mass is 10.4. The van der Waals surface area contributed by atoms with Crippen LogP contribution in [0.3, 0.4) is 0 Å². The van der Waals surface area contributed by atoms with E-state index in [0.717, 1.165) is 23.8 Å². The Morgan fingerprint density at radius 2 is 2.16 bits per heavy atom. The predicted molar refractivity (Wildman–Crippen MR) is 71.0 cm³/mol. The van der Waals surface area contributed by atoms with Crippen molar-refractivity contribution in [1.82, 2.24) is 14.5 Å². The van der Waals surface area contributed by atoms with Crippen LogP contribution in [-0.4, -0.2) is 21.6 Å². The Hall–Kier alpha value is -1.85. The zero-order chi connectivity index (χ0) is 13.8. The number of nitrogens with zero attached hydrogens (tertiary/aromatic N) is 2. The number of carbonyl (C=O) groups is 1. The quantitative estimate of drug-likeness (QED) is 0.783. The lowest BCUT2D eigenvalue weighted by Crippen LogP contribution is -2.43. The van der Waals surface area contributed by atoms with Crippen LogP contribution in [0.1, 0.15) is 26.2 Å². The monoisotopic (exact) mass is 265 g/mol. The van der Waals surface area contributed by atoms with Gasteiger partial charge in [0.25, 0.3) is 5.56 Å². The molecular weight excluding hydrogens is 246 g/mol. The van der Waals surface area contributed by atoms with Crippen molar-refractivity contribution in [2.24, 2.45) is 5.92 Å². The van der Waals surface area contributed by atoms with Crippen LogP contribution < -0.4 is 16.6 Å². The highest BCUT2D eigenvalue weighted by atomic mass is 16.2. The molecule has 0 spiro atoms. The van der Waals surface area contributed by atoms with Crippen LogP contribution >= 0.6 is 0 Å². The summed E-state index contributed by atoms with van der Waals surface area (Å²) in [7, 11) is 0. The molecule has 1 aliphatic carbocycles. The van der Waals surface area contributed by atoms with Crippen LogP contribution in [0.2, 0.25) is 0 Å². The number of aryl methyl sites for hydroxylation is 1. The molecule has 1 N–H and O–H groups in total. The highest BCUT2D eigenvalue weighted by Gasteiger charge is 2.21. The summed E-state index contributed by atoms with van der Waals surface area (Å²) < 4.78 is 2.44. The minimum Gasteiger partial charge on any atom is -0.354 e. The van der Waals surface area contributed by atoms with E-state index in [1.807, 2.05) is 6.92 Å². The SMILES string of the molecule is CCCn1ccc(=O)n(CC(=O)NCC2CC2)c1=O. The molecule has 1 aromatic rings. The van der Waals surface area contributed by atoms with E-state index in [-0.39, 0.29) is 12.5 Å². The fourth-order valence-corrected chi connectivity index (χ4v) is 1.89. The van der Waals surface area contributed by atoms with Crippen molar-refractivity contribution in [2.75, 3.05) is 6.54 Å². The van der Waals surface area contributed by atoms with E-state index < -0.39 is 11.2 Å². The van der Waals surface area contributed by atoms with E-state index >= 15 is 0 Å². The van der Waals surface area contributed by atoms with Crippen molar-refractivity contribution in [3.8, 4) is 0 Å². The molecule has 1 aromatic heterocycles. The molecule has 0 aliphatic heterocycles. The van der Waals surface area contributed by atoms with Gasteiger partial charge in [0.15, 0.2) is 0 Å². The number of rotatable bonds is 6. The number of aromatic nitrogens is 2. The van der Waals surface area contributed by atoms with Crippen molar-refractivity contribution in [1.29, 1.82) is 0 Å². The number of amides is 1. The maximum Gasteiger partial charge on any atom is 0.331 e. The maximum absolute atomic E-state index is 12.0. The first-order valence-electron chi connectivity index (χ1n) is 6.68. The standard InChI is InChI=1S/C13H19N3O3/c1-2-6-15-7-5-12(18)16(13(15)19)9-11(17)14-8-10-3-4-10/h5,7,10H,2-4,6,8-9H2,1H3,(H,14,17). The highest BCUT2D eigenvalue weighted by molar-refractivity contribution is 5.75. The third-order valence-corrected chi connectivity index (χ3v) is 3.19. The van der Waals surface area contributed by atoms with Gasteiger partial charge in [-0.25, -0.2) is 4.79 Å². The third kappa shape index (κ3) is 3.56. The smallest absolute Gasteiger partial charge is 0.331 e. The zero-order valence-corrected chi connectivity index (χ0v) is 11.1. The Labute approximate surface area is 111 Å². The molecule has 1 aliphatic rings. The third-order valence-electron chi connectivity index (χ3n) is 3.19. The Bertz CT molecular complexity index is 569. The van der Waals surface area contributed by atoms with Crippen LogP contribution in [-0.2, 0) is 17.9 Å². The molecule has 1 saturated carbocycles. The van der Waals surface area contributed by atoms with E-state index in [2.05, 4.69) is 5.32 Å². The summed E-state index contributed by atoms with van der Waals surface area (Å²) in [5, 5.41) is 2.75. The number of hydrogen-bond donors (Lipinski definition) is 1. The summed E-state index contributed by atoms with van der Waals surface area (Å²) in [6.45, 7) is 2.94. The van der Waals surface area contributed by atoms with Gasteiger partial charge in [0, 0.05) is 25.4 Å². The van der Waals surface area contributed by atoms with E-state index in [1.165, 1.54) is 16.8 Å². The van der Waals surface area contributed by atoms with E-state index in [0.29, 0.717) is 19.0 Å². The van der Waals surface area contributed by atoms with E-state index in [1.54, 1.807) is 0 Å². The average Bonchev–Trinajstić information content (AvgIpc) is 3.20. The molecule has 104 valence electrons. The van der Waals surface area contributed by atoms with E-state index in [4.69, 9.17) is 0 Å². The number of carbonyl (C=O) groups excluding carboxylic acids is 1. The first-order chi connectivity index (χ1) is 9.11. The molecule has 0 radical (unpaired) electrons. The number of nitrogens with one attached hydrogen (secondary N) is 1. The molecule has 0 unspecified atom stereocenters. The highest BCUT2D eigenvalue weighted by Crippen LogP contribution is 2.27. The van der Waals surface area contributed by atoms with Crippen LogP contribution in [0.4, 0.5) is 0 Å². The Balaban J connectivity index is 2.09. The van der Waals surface area contributed by atoms with Gasteiger partial charge in [0.2, 0.25) is 5.91 Å². The summed E-state index contributed by atoms with van der Waals surface area (Å²) in [6, 6.07) is 1.32. The summed E-state index contributed by atoms with van der Waals surface area (Å²) in [6.07, 6.45) is 4.57. The van der Waals surface area contributed by atoms with Gasteiger partial charge in [-0.2, -0.15) is 0 Å². The van der Waals surface area contributed by atoms with Crippen molar-refractivity contribution in [2.45, 2.75) is 39.3 Å².